The molecule has 6 nitrogen and oxygen atoms in total. The quantitative estimate of drug-likeness (QED) is 0.708. The molecule has 8 heteroatoms. The van der Waals surface area contributed by atoms with Crippen molar-refractivity contribution in [3.8, 4) is 5.75 Å². The zero-order chi connectivity index (χ0) is 20.1. The molecule has 2 aromatic carbocycles. The van der Waals surface area contributed by atoms with Crippen molar-refractivity contribution in [3.63, 3.8) is 0 Å². The van der Waals surface area contributed by atoms with Crippen molar-refractivity contribution in [1.82, 2.24) is 9.62 Å². The Kier molecular flexibility index (Phi) is 6.74. The molecule has 1 atom stereocenters. The van der Waals surface area contributed by atoms with Gasteiger partial charge in [0.1, 0.15) is 5.75 Å². The molecule has 28 heavy (non-hydrogen) atoms. The van der Waals surface area contributed by atoms with Gasteiger partial charge in [-0.05, 0) is 54.8 Å². The van der Waals surface area contributed by atoms with E-state index in [4.69, 9.17) is 4.74 Å². The standard InChI is InChI=1S/C20H23BrN2O4S/c1-27-18-8-4-15(5-9-18)13-22-20(24)16-3-2-12-23(14-16)28(25,26)19-10-6-17(21)7-11-19/h4-11,16H,2-3,12-14H2,1H3,(H,22,24)/t16-/m1/s1. The average molecular weight is 467 g/mol. The Hall–Kier alpha value is -1.90. The number of nitrogens with one attached hydrogen (secondary N) is 1. The maximum atomic E-state index is 12.9. The topological polar surface area (TPSA) is 75.7 Å². The number of hydrogen-bond donors (Lipinski definition) is 1. The Bertz CT molecular complexity index is 914. The molecule has 0 spiro atoms. The SMILES string of the molecule is COc1ccc(CNC(=O)[C@@H]2CCCN(S(=O)(=O)c3ccc(Br)cc3)C2)cc1. The Morgan fingerprint density at radius 1 is 1.18 bits per heavy atom. The number of methoxy groups -OCH3 is 1. The fourth-order valence-corrected chi connectivity index (χ4v) is 5.00. The number of ether oxygens (including phenoxy) is 1. The summed E-state index contributed by atoms with van der Waals surface area (Å²) in [6.07, 6.45) is 1.34. The highest BCUT2D eigenvalue weighted by Gasteiger charge is 2.33. The van der Waals surface area contributed by atoms with Crippen LogP contribution in [-0.2, 0) is 21.4 Å². The first-order valence-electron chi connectivity index (χ1n) is 9.06. The van der Waals surface area contributed by atoms with Gasteiger partial charge in [-0.2, -0.15) is 4.31 Å². The monoisotopic (exact) mass is 466 g/mol. The molecule has 1 fully saturated rings. The minimum atomic E-state index is -3.60. The molecule has 0 bridgehead atoms. The molecular weight excluding hydrogens is 444 g/mol. The average Bonchev–Trinajstić information content (AvgIpc) is 2.72. The third kappa shape index (κ3) is 4.92. The van der Waals surface area contributed by atoms with Gasteiger partial charge in [0.25, 0.3) is 0 Å². The molecule has 1 amide bonds. The molecule has 1 saturated heterocycles. The number of amides is 1. The third-order valence-electron chi connectivity index (χ3n) is 4.83. The summed E-state index contributed by atoms with van der Waals surface area (Å²) in [6.45, 7) is 1.03. The maximum Gasteiger partial charge on any atom is 0.243 e. The molecule has 0 aromatic heterocycles. The molecule has 0 aliphatic carbocycles. The normalized spacial score (nSPS) is 17.9. The van der Waals surface area contributed by atoms with Crippen LogP contribution in [0.15, 0.2) is 57.9 Å². The summed E-state index contributed by atoms with van der Waals surface area (Å²) in [4.78, 5) is 12.8. The lowest BCUT2D eigenvalue weighted by Gasteiger charge is -2.31. The number of benzene rings is 2. The zero-order valence-corrected chi connectivity index (χ0v) is 18.0. The predicted molar refractivity (Wildman–Crippen MR) is 110 cm³/mol. The van der Waals surface area contributed by atoms with Gasteiger partial charge >= 0.3 is 0 Å². The van der Waals surface area contributed by atoms with Crippen LogP contribution in [0.4, 0.5) is 0 Å². The second-order valence-corrected chi connectivity index (χ2v) is 9.58. The summed E-state index contributed by atoms with van der Waals surface area (Å²) in [5, 5.41) is 2.92. The highest BCUT2D eigenvalue weighted by atomic mass is 79.9. The van der Waals surface area contributed by atoms with E-state index >= 15 is 0 Å². The molecule has 1 aliphatic heterocycles. The number of hydrogen-bond acceptors (Lipinski definition) is 4. The smallest absolute Gasteiger partial charge is 0.243 e. The lowest BCUT2D eigenvalue weighted by Crippen LogP contribution is -2.45. The van der Waals surface area contributed by atoms with Gasteiger partial charge in [-0.15, -0.1) is 0 Å². The van der Waals surface area contributed by atoms with Crippen LogP contribution in [0.25, 0.3) is 0 Å². The highest BCUT2D eigenvalue weighted by molar-refractivity contribution is 9.10. The lowest BCUT2D eigenvalue weighted by atomic mass is 9.99. The largest absolute Gasteiger partial charge is 0.497 e. The van der Waals surface area contributed by atoms with E-state index in [0.717, 1.165) is 15.8 Å². The molecule has 2 aromatic rings. The van der Waals surface area contributed by atoms with E-state index in [2.05, 4.69) is 21.2 Å². The van der Waals surface area contributed by atoms with Crippen LogP contribution < -0.4 is 10.1 Å². The second kappa shape index (κ2) is 9.07. The molecule has 1 N–H and O–H groups in total. The van der Waals surface area contributed by atoms with Crippen molar-refractivity contribution >= 4 is 31.9 Å². The van der Waals surface area contributed by atoms with Crippen LogP contribution >= 0.6 is 15.9 Å². The van der Waals surface area contributed by atoms with E-state index in [0.29, 0.717) is 25.9 Å². The van der Waals surface area contributed by atoms with Gasteiger partial charge in [-0.3, -0.25) is 4.79 Å². The number of sulfonamides is 1. The van der Waals surface area contributed by atoms with Crippen LogP contribution in [0.5, 0.6) is 5.75 Å². The minimum Gasteiger partial charge on any atom is -0.497 e. The summed E-state index contributed by atoms with van der Waals surface area (Å²) >= 11 is 3.31. The molecule has 1 heterocycles. The molecule has 0 radical (unpaired) electrons. The summed E-state index contributed by atoms with van der Waals surface area (Å²) in [7, 11) is -2.00. The van der Waals surface area contributed by atoms with E-state index < -0.39 is 10.0 Å². The first-order valence-corrected chi connectivity index (χ1v) is 11.3. The Balaban J connectivity index is 1.61. The van der Waals surface area contributed by atoms with E-state index in [-0.39, 0.29) is 23.3 Å². The zero-order valence-electron chi connectivity index (χ0n) is 15.6. The highest BCUT2D eigenvalue weighted by Crippen LogP contribution is 2.25. The third-order valence-corrected chi connectivity index (χ3v) is 7.24. The first kappa shape index (κ1) is 20.8. The van der Waals surface area contributed by atoms with Gasteiger partial charge < -0.3 is 10.1 Å². The van der Waals surface area contributed by atoms with Crippen molar-refractivity contribution in [2.45, 2.75) is 24.3 Å². The Labute approximate surface area is 174 Å². The first-order chi connectivity index (χ1) is 13.4. The van der Waals surface area contributed by atoms with E-state index in [1.54, 1.807) is 31.4 Å². The number of piperidine rings is 1. The van der Waals surface area contributed by atoms with Gasteiger partial charge in [-0.25, -0.2) is 8.42 Å². The molecule has 0 unspecified atom stereocenters. The van der Waals surface area contributed by atoms with Crippen molar-refractivity contribution in [3.05, 3.63) is 58.6 Å². The van der Waals surface area contributed by atoms with Crippen LogP contribution in [0.1, 0.15) is 18.4 Å². The number of halogens is 1. The van der Waals surface area contributed by atoms with Crippen molar-refractivity contribution in [2.24, 2.45) is 5.92 Å². The number of nitrogens with zero attached hydrogens (tertiary/aromatic N) is 1. The lowest BCUT2D eigenvalue weighted by molar-refractivity contribution is -0.126. The van der Waals surface area contributed by atoms with Gasteiger partial charge in [0.05, 0.1) is 17.9 Å². The minimum absolute atomic E-state index is 0.119. The second-order valence-electron chi connectivity index (χ2n) is 6.72. The molecule has 1 aliphatic rings. The summed E-state index contributed by atoms with van der Waals surface area (Å²) in [5.74, 6) is 0.292. The van der Waals surface area contributed by atoms with Crippen LogP contribution in [0.2, 0.25) is 0 Å². The van der Waals surface area contributed by atoms with E-state index in [1.165, 1.54) is 4.31 Å². The maximum absolute atomic E-state index is 12.9. The van der Waals surface area contributed by atoms with Crippen molar-refractivity contribution in [1.29, 1.82) is 0 Å². The van der Waals surface area contributed by atoms with Crippen molar-refractivity contribution < 1.29 is 17.9 Å². The number of carbonyl (C=O) groups excluding carboxylic acids is 1. The van der Waals surface area contributed by atoms with Crippen molar-refractivity contribution in [2.75, 3.05) is 20.2 Å². The van der Waals surface area contributed by atoms with Gasteiger partial charge in [0, 0.05) is 24.1 Å². The number of rotatable bonds is 6. The molecular formula is C20H23BrN2O4S. The summed E-state index contributed by atoms with van der Waals surface area (Å²) in [5.41, 5.74) is 0.962. The van der Waals surface area contributed by atoms with E-state index in [1.807, 2.05) is 24.3 Å². The predicted octanol–water partition coefficient (Wildman–Crippen LogP) is 3.17. The van der Waals surface area contributed by atoms with Crippen LogP contribution in [0.3, 0.4) is 0 Å². The van der Waals surface area contributed by atoms with E-state index in [9.17, 15) is 13.2 Å². The Morgan fingerprint density at radius 2 is 1.86 bits per heavy atom. The number of carbonyl (C=O) groups is 1. The summed E-state index contributed by atoms with van der Waals surface area (Å²) in [6, 6.07) is 14.0. The molecule has 0 saturated carbocycles. The van der Waals surface area contributed by atoms with Gasteiger partial charge in [0.15, 0.2) is 0 Å². The van der Waals surface area contributed by atoms with Gasteiger partial charge in [-0.1, -0.05) is 28.1 Å². The fraction of sp³-hybridized carbons (Fsp3) is 0.350. The van der Waals surface area contributed by atoms with Gasteiger partial charge in [0.2, 0.25) is 15.9 Å². The fourth-order valence-electron chi connectivity index (χ4n) is 3.21. The summed E-state index contributed by atoms with van der Waals surface area (Å²) < 4.78 is 33.1. The molecule has 3 rings (SSSR count). The Morgan fingerprint density at radius 3 is 2.50 bits per heavy atom. The molecule has 150 valence electrons. The van der Waals surface area contributed by atoms with Crippen LogP contribution in [0, 0.1) is 5.92 Å². The van der Waals surface area contributed by atoms with Crippen LogP contribution in [-0.4, -0.2) is 38.8 Å².